The van der Waals surface area contributed by atoms with E-state index in [0.29, 0.717) is 0 Å². The SMILES string of the molecule is C#C[C@H](O)/C=C/CCCCCCCCCCCCC(C)CCCCCCCC/C=C/[C@@H](O)C#C. The van der Waals surface area contributed by atoms with Gasteiger partial charge in [0, 0.05) is 0 Å². The van der Waals surface area contributed by atoms with E-state index >= 15 is 0 Å². The summed E-state index contributed by atoms with van der Waals surface area (Å²) in [7, 11) is 0. The monoisotopic (exact) mass is 470 g/mol. The molecule has 2 N–H and O–H groups in total. The van der Waals surface area contributed by atoms with Crippen LogP contribution in [0.15, 0.2) is 24.3 Å². The maximum absolute atomic E-state index is 9.24. The van der Waals surface area contributed by atoms with Gasteiger partial charge in [-0.05, 0) is 43.8 Å². The number of hydrogen-bond acceptors (Lipinski definition) is 2. The summed E-state index contributed by atoms with van der Waals surface area (Å²) in [5, 5.41) is 18.5. The van der Waals surface area contributed by atoms with Crippen LogP contribution in [-0.4, -0.2) is 22.4 Å². The minimum atomic E-state index is -0.718. The maximum atomic E-state index is 9.24. The first-order chi connectivity index (χ1) is 16.6. The van der Waals surface area contributed by atoms with Crippen molar-refractivity contribution in [3.8, 4) is 24.7 Å². The second kappa shape index (κ2) is 26.1. The second-order valence-corrected chi connectivity index (χ2v) is 10.00. The molecule has 0 saturated carbocycles. The van der Waals surface area contributed by atoms with Crippen LogP contribution in [0.1, 0.15) is 135 Å². The first kappa shape index (κ1) is 32.5. The van der Waals surface area contributed by atoms with Crippen molar-refractivity contribution in [1.82, 2.24) is 0 Å². The average molecular weight is 471 g/mol. The van der Waals surface area contributed by atoms with E-state index in [1.165, 1.54) is 116 Å². The van der Waals surface area contributed by atoms with Gasteiger partial charge in [-0.3, -0.25) is 0 Å². The molecule has 0 aliphatic heterocycles. The molecule has 0 spiro atoms. The number of unbranched alkanes of at least 4 members (excludes halogenated alkanes) is 16. The van der Waals surface area contributed by atoms with Gasteiger partial charge in [-0.15, -0.1) is 12.8 Å². The summed E-state index contributed by atoms with van der Waals surface area (Å²) >= 11 is 0. The summed E-state index contributed by atoms with van der Waals surface area (Å²) in [4.78, 5) is 0. The zero-order valence-electron chi connectivity index (χ0n) is 22.2. The molecule has 2 heteroatoms. The van der Waals surface area contributed by atoms with Crippen LogP contribution in [0.5, 0.6) is 0 Å². The fourth-order valence-electron chi connectivity index (χ4n) is 4.34. The minimum absolute atomic E-state index is 0.717. The summed E-state index contributed by atoms with van der Waals surface area (Å²) in [6, 6.07) is 0. The third-order valence-corrected chi connectivity index (χ3v) is 6.61. The Bertz CT molecular complexity index is 563. The molecule has 34 heavy (non-hydrogen) atoms. The molecule has 0 aromatic rings. The van der Waals surface area contributed by atoms with Crippen LogP contribution >= 0.6 is 0 Å². The van der Waals surface area contributed by atoms with Crippen molar-refractivity contribution in [1.29, 1.82) is 0 Å². The molecular formula is C32H54O2. The molecule has 0 heterocycles. The maximum Gasteiger partial charge on any atom is 0.133 e. The van der Waals surface area contributed by atoms with Gasteiger partial charge in [-0.25, -0.2) is 0 Å². The van der Waals surface area contributed by atoms with Crippen molar-refractivity contribution in [2.45, 2.75) is 148 Å². The average Bonchev–Trinajstić information content (AvgIpc) is 2.84. The van der Waals surface area contributed by atoms with E-state index < -0.39 is 12.2 Å². The molecule has 0 fully saturated rings. The number of allylic oxidation sites excluding steroid dienone is 2. The van der Waals surface area contributed by atoms with Crippen molar-refractivity contribution in [2.24, 2.45) is 5.92 Å². The van der Waals surface area contributed by atoms with Crippen LogP contribution < -0.4 is 0 Å². The number of aliphatic hydroxyl groups excluding tert-OH is 2. The molecule has 0 rings (SSSR count). The van der Waals surface area contributed by atoms with Crippen molar-refractivity contribution in [2.75, 3.05) is 0 Å². The normalized spacial score (nSPS) is 14.3. The highest BCUT2D eigenvalue weighted by atomic mass is 16.3. The highest BCUT2D eigenvalue weighted by Crippen LogP contribution is 2.19. The highest BCUT2D eigenvalue weighted by molar-refractivity contribution is 5.06. The van der Waals surface area contributed by atoms with E-state index in [2.05, 4.69) is 18.8 Å². The summed E-state index contributed by atoms with van der Waals surface area (Å²) in [6.45, 7) is 2.43. The minimum Gasteiger partial charge on any atom is -0.377 e. The summed E-state index contributed by atoms with van der Waals surface area (Å²) in [5.41, 5.74) is 0. The molecule has 0 saturated heterocycles. The van der Waals surface area contributed by atoms with Crippen LogP contribution in [0.3, 0.4) is 0 Å². The van der Waals surface area contributed by atoms with E-state index in [9.17, 15) is 10.2 Å². The van der Waals surface area contributed by atoms with Gasteiger partial charge in [0.15, 0.2) is 0 Å². The van der Waals surface area contributed by atoms with E-state index in [1.807, 2.05) is 12.2 Å². The number of aliphatic hydroxyl groups is 2. The lowest BCUT2D eigenvalue weighted by molar-refractivity contribution is 0.280. The van der Waals surface area contributed by atoms with Gasteiger partial charge in [0.25, 0.3) is 0 Å². The molecule has 3 atom stereocenters. The fraction of sp³-hybridized carbons (Fsp3) is 0.750. The first-order valence-electron chi connectivity index (χ1n) is 14.2. The smallest absolute Gasteiger partial charge is 0.133 e. The topological polar surface area (TPSA) is 40.5 Å². The third kappa shape index (κ3) is 25.1. The molecule has 0 aromatic heterocycles. The van der Waals surface area contributed by atoms with Gasteiger partial charge < -0.3 is 10.2 Å². The Morgan fingerprint density at radius 1 is 0.529 bits per heavy atom. The van der Waals surface area contributed by atoms with Crippen LogP contribution in [0, 0.1) is 30.6 Å². The zero-order valence-corrected chi connectivity index (χ0v) is 22.2. The lowest BCUT2D eigenvalue weighted by atomic mass is 9.95. The van der Waals surface area contributed by atoms with Gasteiger partial charge in [-0.2, -0.15) is 0 Å². The van der Waals surface area contributed by atoms with E-state index in [1.54, 1.807) is 12.2 Å². The first-order valence-corrected chi connectivity index (χ1v) is 14.2. The van der Waals surface area contributed by atoms with Crippen LogP contribution in [0.25, 0.3) is 0 Å². The molecule has 2 nitrogen and oxygen atoms in total. The number of hydrogen-bond donors (Lipinski definition) is 2. The van der Waals surface area contributed by atoms with E-state index in [0.717, 1.165) is 18.8 Å². The quantitative estimate of drug-likeness (QED) is 0.0843. The Kier molecular flexibility index (Phi) is 25.0. The Morgan fingerprint density at radius 2 is 0.824 bits per heavy atom. The van der Waals surface area contributed by atoms with Gasteiger partial charge in [0.05, 0.1) is 0 Å². The number of rotatable bonds is 24. The Labute approximate surface area is 212 Å². The molecule has 0 aromatic carbocycles. The fourth-order valence-corrected chi connectivity index (χ4v) is 4.34. The van der Waals surface area contributed by atoms with Crippen molar-refractivity contribution in [3.05, 3.63) is 24.3 Å². The third-order valence-electron chi connectivity index (χ3n) is 6.61. The summed E-state index contributed by atoms with van der Waals surface area (Å²) < 4.78 is 0. The van der Waals surface area contributed by atoms with Gasteiger partial charge >= 0.3 is 0 Å². The Morgan fingerprint density at radius 3 is 1.15 bits per heavy atom. The Hall–Kier alpha value is -1.48. The predicted molar refractivity (Wildman–Crippen MR) is 149 cm³/mol. The second-order valence-electron chi connectivity index (χ2n) is 10.00. The van der Waals surface area contributed by atoms with Gasteiger partial charge in [0.1, 0.15) is 12.2 Å². The summed E-state index contributed by atoms with van der Waals surface area (Å²) in [6.07, 6.45) is 42.6. The predicted octanol–water partition coefficient (Wildman–Crippen LogP) is 8.53. The molecule has 0 aliphatic rings. The summed E-state index contributed by atoms with van der Waals surface area (Å²) in [5.74, 6) is 5.48. The van der Waals surface area contributed by atoms with E-state index in [-0.39, 0.29) is 0 Å². The van der Waals surface area contributed by atoms with Crippen LogP contribution in [0.4, 0.5) is 0 Å². The number of terminal acetylenes is 2. The van der Waals surface area contributed by atoms with Crippen molar-refractivity contribution >= 4 is 0 Å². The van der Waals surface area contributed by atoms with Gasteiger partial charge in [-0.1, -0.05) is 134 Å². The molecule has 0 bridgehead atoms. The lowest BCUT2D eigenvalue weighted by Crippen LogP contribution is -1.95. The zero-order chi connectivity index (χ0) is 25.1. The van der Waals surface area contributed by atoms with E-state index in [4.69, 9.17) is 12.8 Å². The highest BCUT2D eigenvalue weighted by Gasteiger charge is 2.02. The Balaban J connectivity index is 3.26. The van der Waals surface area contributed by atoms with Crippen LogP contribution in [0.2, 0.25) is 0 Å². The van der Waals surface area contributed by atoms with Crippen LogP contribution in [-0.2, 0) is 0 Å². The van der Waals surface area contributed by atoms with Crippen molar-refractivity contribution < 1.29 is 10.2 Å². The lowest BCUT2D eigenvalue weighted by Gasteiger charge is -2.11. The molecular weight excluding hydrogens is 416 g/mol. The molecule has 0 aliphatic carbocycles. The van der Waals surface area contributed by atoms with Crippen molar-refractivity contribution in [3.63, 3.8) is 0 Å². The largest absolute Gasteiger partial charge is 0.377 e. The molecule has 0 amide bonds. The molecule has 194 valence electrons. The standard InChI is InChI=1S/C32H54O2/c1-4-31(33)28-24-20-16-11-9-7-6-8-10-14-18-22-26-30(3)27-23-19-15-12-13-17-21-25-29-32(34)5-2/h1-2,24-25,28-34H,6-23,26-27H2,3H3/b28-24+,29-25+/t30?,31-,32-/m0/s1. The molecule has 0 radical (unpaired) electrons. The van der Waals surface area contributed by atoms with Gasteiger partial charge in [0.2, 0.25) is 0 Å². The molecule has 1 unspecified atom stereocenters.